The molecule has 1 aromatic rings. The molecule has 1 heterocycles. The topological polar surface area (TPSA) is 29.5 Å². The van der Waals surface area contributed by atoms with Gasteiger partial charge in [-0.1, -0.05) is 6.07 Å². The largest absolute Gasteiger partial charge is 0.441 e. The zero-order valence-electron chi connectivity index (χ0n) is 8.74. The van der Waals surface area contributed by atoms with Gasteiger partial charge in [0, 0.05) is 20.0 Å². The summed E-state index contributed by atoms with van der Waals surface area (Å²) in [5.74, 6) is -1.82. The molecule has 0 N–H and O–H groups in total. The molecule has 86 valence electrons. The molecule has 0 radical (unpaired) electrons. The number of amides is 1. The fraction of sp³-hybridized carbons (Fsp3) is 0.364. The van der Waals surface area contributed by atoms with E-state index in [2.05, 4.69) is 0 Å². The molecule has 1 aliphatic rings. The van der Waals surface area contributed by atoms with E-state index in [1.807, 2.05) is 0 Å². The first-order valence-corrected chi connectivity index (χ1v) is 4.94. The van der Waals surface area contributed by atoms with Crippen molar-refractivity contribution in [2.24, 2.45) is 0 Å². The summed E-state index contributed by atoms with van der Waals surface area (Å²) in [5, 5.41) is 0. The highest BCUT2D eigenvalue weighted by Gasteiger charge is 2.26. The second kappa shape index (κ2) is 4.08. The molecule has 0 bridgehead atoms. The van der Waals surface area contributed by atoms with Crippen molar-refractivity contribution in [1.82, 2.24) is 4.90 Å². The van der Waals surface area contributed by atoms with Crippen molar-refractivity contribution in [3.8, 4) is 0 Å². The molecule has 0 spiro atoms. The van der Waals surface area contributed by atoms with Crippen molar-refractivity contribution >= 4 is 6.09 Å². The van der Waals surface area contributed by atoms with Crippen LogP contribution in [0.4, 0.5) is 13.6 Å². The molecule has 0 aromatic heterocycles. The van der Waals surface area contributed by atoms with Crippen LogP contribution in [-0.4, -0.2) is 24.6 Å². The lowest BCUT2D eigenvalue weighted by Gasteiger charge is -2.29. The average Bonchev–Trinajstić information content (AvgIpc) is 2.26. The molecule has 0 unspecified atom stereocenters. The number of rotatable bonds is 1. The van der Waals surface area contributed by atoms with Gasteiger partial charge in [0.15, 0.2) is 11.6 Å². The number of ether oxygens (including phenoxy) is 1. The third-order valence-corrected chi connectivity index (χ3v) is 2.60. The molecule has 1 saturated heterocycles. The van der Waals surface area contributed by atoms with Crippen LogP contribution in [0.1, 0.15) is 18.1 Å². The lowest BCUT2D eigenvalue weighted by molar-refractivity contribution is 0.0322. The summed E-state index contributed by atoms with van der Waals surface area (Å²) in [6.45, 7) is 0.544. The number of hydrogen-bond donors (Lipinski definition) is 0. The van der Waals surface area contributed by atoms with Gasteiger partial charge in [-0.2, -0.15) is 0 Å². The highest BCUT2D eigenvalue weighted by atomic mass is 19.2. The minimum absolute atomic E-state index is 0.444. The lowest BCUT2D eigenvalue weighted by Crippen LogP contribution is -2.35. The highest BCUT2D eigenvalue weighted by molar-refractivity contribution is 5.68. The number of carbonyl (C=O) groups excluding carboxylic acids is 1. The minimum atomic E-state index is -0.924. The molecule has 1 aliphatic heterocycles. The molecule has 2 rings (SSSR count). The Labute approximate surface area is 91.6 Å². The molecule has 1 amide bonds. The first-order valence-electron chi connectivity index (χ1n) is 4.94. The van der Waals surface area contributed by atoms with Crippen LogP contribution in [0.15, 0.2) is 18.2 Å². The molecule has 16 heavy (non-hydrogen) atoms. The maximum absolute atomic E-state index is 13.0. The summed E-state index contributed by atoms with van der Waals surface area (Å²) in [4.78, 5) is 12.7. The number of cyclic esters (lactones) is 1. The number of carbonyl (C=O) groups is 1. The lowest BCUT2D eigenvalue weighted by atomic mass is 10.1. The molecule has 1 fully saturated rings. The predicted molar refractivity (Wildman–Crippen MR) is 52.8 cm³/mol. The third kappa shape index (κ3) is 1.98. The Hall–Kier alpha value is -1.65. The van der Waals surface area contributed by atoms with E-state index < -0.39 is 23.8 Å². The Balaban J connectivity index is 2.18. The number of nitrogens with zero attached hydrogens (tertiary/aromatic N) is 1. The Morgan fingerprint density at radius 3 is 2.75 bits per heavy atom. The minimum Gasteiger partial charge on any atom is -0.441 e. The third-order valence-electron chi connectivity index (χ3n) is 2.60. The van der Waals surface area contributed by atoms with Crippen molar-refractivity contribution < 1.29 is 18.3 Å². The standard InChI is InChI=1S/C11H11F2NO2/c1-14-5-4-10(16-11(14)15)7-2-3-8(12)9(13)6-7/h2-3,6,10H,4-5H2,1H3/t10-/m0/s1. The van der Waals surface area contributed by atoms with Gasteiger partial charge in [0.05, 0.1) is 0 Å². The Kier molecular flexibility index (Phi) is 2.77. The van der Waals surface area contributed by atoms with Crippen molar-refractivity contribution in [3.05, 3.63) is 35.4 Å². The number of halogens is 2. The van der Waals surface area contributed by atoms with Gasteiger partial charge in [0.25, 0.3) is 0 Å². The van der Waals surface area contributed by atoms with Gasteiger partial charge in [0.1, 0.15) is 6.10 Å². The molecule has 1 atom stereocenters. The summed E-state index contributed by atoms with van der Waals surface area (Å²) in [6.07, 6.45) is -0.354. The van der Waals surface area contributed by atoms with Crippen LogP contribution in [0.3, 0.4) is 0 Å². The smallest absolute Gasteiger partial charge is 0.410 e. The average molecular weight is 227 g/mol. The second-order valence-corrected chi connectivity index (χ2v) is 3.76. The van der Waals surface area contributed by atoms with Gasteiger partial charge in [-0.05, 0) is 17.7 Å². The van der Waals surface area contributed by atoms with Crippen LogP contribution >= 0.6 is 0 Å². The van der Waals surface area contributed by atoms with Crippen LogP contribution in [0, 0.1) is 11.6 Å². The van der Waals surface area contributed by atoms with Gasteiger partial charge in [-0.3, -0.25) is 0 Å². The molecule has 0 saturated carbocycles. The zero-order chi connectivity index (χ0) is 11.7. The van der Waals surface area contributed by atoms with E-state index in [-0.39, 0.29) is 0 Å². The first kappa shape index (κ1) is 10.9. The van der Waals surface area contributed by atoms with Gasteiger partial charge < -0.3 is 9.64 Å². The van der Waals surface area contributed by atoms with Gasteiger partial charge >= 0.3 is 6.09 Å². The second-order valence-electron chi connectivity index (χ2n) is 3.76. The van der Waals surface area contributed by atoms with E-state index in [0.717, 1.165) is 12.1 Å². The molecule has 5 heteroatoms. The summed E-state index contributed by atoms with van der Waals surface area (Å²) in [7, 11) is 1.63. The van der Waals surface area contributed by atoms with Gasteiger partial charge in [0.2, 0.25) is 0 Å². The first-order chi connectivity index (χ1) is 7.58. The highest BCUT2D eigenvalue weighted by Crippen LogP contribution is 2.26. The molecule has 3 nitrogen and oxygen atoms in total. The fourth-order valence-electron chi connectivity index (χ4n) is 1.62. The Morgan fingerprint density at radius 2 is 2.12 bits per heavy atom. The van der Waals surface area contributed by atoms with Crippen LogP contribution < -0.4 is 0 Å². The van der Waals surface area contributed by atoms with Gasteiger partial charge in [-0.25, -0.2) is 13.6 Å². The maximum atomic E-state index is 13.0. The van der Waals surface area contributed by atoms with Gasteiger partial charge in [-0.15, -0.1) is 0 Å². The fourth-order valence-corrected chi connectivity index (χ4v) is 1.62. The van der Waals surface area contributed by atoms with Crippen LogP contribution in [0.5, 0.6) is 0 Å². The van der Waals surface area contributed by atoms with E-state index in [9.17, 15) is 13.6 Å². The maximum Gasteiger partial charge on any atom is 0.410 e. The summed E-state index contributed by atoms with van der Waals surface area (Å²) < 4.78 is 30.8. The molecule has 1 aromatic carbocycles. The quantitative estimate of drug-likeness (QED) is 0.737. The predicted octanol–water partition coefficient (Wildman–Crippen LogP) is 2.48. The number of benzene rings is 1. The normalized spacial score (nSPS) is 20.8. The van der Waals surface area contributed by atoms with E-state index in [1.165, 1.54) is 11.0 Å². The summed E-state index contributed by atoms with van der Waals surface area (Å²) >= 11 is 0. The van der Waals surface area contributed by atoms with E-state index in [4.69, 9.17) is 4.74 Å². The van der Waals surface area contributed by atoms with E-state index in [1.54, 1.807) is 7.05 Å². The summed E-state index contributed by atoms with van der Waals surface area (Å²) in [5.41, 5.74) is 0.486. The van der Waals surface area contributed by atoms with Crippen LogP contribution in [-0.2, 0) is 4.74 Å². The van der Waals surface area contributed by atoms with Crippen LogP contribution in [0.2, 0.25) is 0 Å². The van der Waals surface area contributed by atoms with Crippen molar-refractivity contribution in [2.45, 2.75) is 12.5 Å². The molecular formula is C11H11F2NO2. The van der Waals surface area contributed by atoms with E-state index >= 15 is 0 Å². The van der Waals surface area contributed by atoms with Crippen molar-refractivity contribution in [3.63, 3.8) is 0 Å². The number of hydrogen-bond acceptors (Lipinski definition) is 2. The molecule has 0 aliphatic carbocycles. The SMILES string of the molecule is CN1CC[C@@H](c2ccc(F)c(F)c2)OC1=O. The van der Waals surface area contributed by atoms with E-state index in [0.29, 0.717) is 18.5 Å². The van der Waals surface area contributed by atoms with Crippen molar-refractivity contribution in [2.75, 3.05) is 13.6 Å². The zero-order valence-corrected chi connectivity index (χ0v) is 8.74. The van der Waals surface area contributed by atoms with Crippen LogP contribution in [0.25, 0.3) is 0 Å². The Morgan fingerprint density at radius 1 is 1.38 bits per heavy atom. The van der Waals surface area contributed by atoms with Crippen molar-refractivity contribution in [1.29, 1.82) is 0 Å². The Bertz CT molecular complexity index is 422. The molecular weight excluding hydrogens is 216 g/mol. The summed E-state index contributed by atoms with van der Waals surface area (Å²) in [6, 6.07) is 3.54. The monoisotopic (exact) mass is 227 g/mol.